The molecule has 0 radical (unpaired) electrons. The van der Waals surface area contributed by atoms with Gasteiger partial charge in [-0.1, -0.05) is 6.58 Å². The van der Waals surface area contributed by atoms with Crippen molar-refractivity contribution in [3.63, 3.8) is 0 Å². The summed E-state index contributed by atoms with van der Waals surface area (Å²) in [4.78, 5) is 15.3. The van der Waals surface area contributed by atoms with Crippen molar-refractivity contribution in [3.05, 3.63) is 40.6 Å². The normalized spacial score (nSPS) is 9.69. The summed E-state index contributed by atoms with van der Waals surface area (Å²) in [5.41, 5.74) is 1.35. The third kappa shape index (κ3) is 3.11. The first-order valence-electron chi connectivity index (χ1n) is 3.88. The Bertz CT molecular complexity index is 329. The van der Waals surface area contributed by atoms with Crippen LogP contribution in [0.1, 0.15) is 12.6 Å². The summed E-state index contributed by atoms with van der Waals surface area (Å²) in [6, 6.07) is 3.69. The van der Waals surface area contributed by atoms with Crippen LogP contribution >= 0.6 is 15.9 Å². The van der Waals surface area contributed by atoms with Crippen molar-refractivity contribution in [1.82, 2.24) is 4.98 Å². The molecule has 0 spiro atoms. The van der Waals surface area contributed by atoms with Crippen LogP contribution in [0.5, 0.6) is 0 Å². The number of hydrogen-bond acceptors (Lipinski definition) is 2. The summed E-state index contributed by atoms with van der Waals surface area (Å²) in [5, 5.41) is 0. The van der Waals surface area contributed by atoms with E-state index in [4.69, 9.17) is 0 Å². The first-order valence-corrected chi connectivity index (χ1v) is 4.68. The Morgan fingerprint density at radius 2 is 2.31 bits per heavy atom. The van der Waals surface area contributed by atoms with E-state index in [2.05, 4.69) is 27.5 Å². The molecule has 68 valence electrons. The number of carbonyl (C=O) groups is 1. The number of ketones is 1. The smallest absolute Gasteiger partial charge is 0.163 e. The average molecular weight is 240 g/mol. The lowest BCUT2D eigenvalue weighted by molar-refractivity contribution is -0.114. The van der Waals surface area contributed by atoms with Gasteiger partial charge in [0.15, 0.2) is 5.78 Å². The van der Waals surface area contributed by atoms with E-state index in [9.17, 15) is 4.79 Å². The monoisotopic (exact) mass is 239 g/mol. The van der Waals surface area contributed by atoms with Crippen LogP contribution in [0.25, 0.3) is 0 Å². The molecule has 0 saturated heterocycles. The second kappa shape index (κ2) is 4.33. The van der Waals surface area contributed by atoms with E-state index in [1.807, 2.05) is 12.1 Å². The number of hydrogen-bond donors (Lipinski definition) is 0. The fourth-order valence-electron chi connectivity index (χ4n) is 0.826. The van der Waals surface area contributed by atoms with Gasteiger partial charge in [0, 0.05) is 16.4 Å². The maximum absolute atomic E-state index is 11.2. The van der Waals surface area contributed by atoms with Crippen molar-refractivity contribution in [1.29, 1.82) is 0 Å². The molecule has 13 heavy (non-hydrogen) atoms. The molecule has 0 bridgehead atoms. The number of Topliss-reactive ketones (excluding diaryl/α,β-unsaturated/α-hetero) is 1. The zero-order valence-electron chi connectivity index (χ0n) is 7.38. The summed E-state index contributed by atoms with van der Waals surface area (Å²) < 4.78 is 0.916. The van der Waals surface area contributed by atoms with Crippen LogP contribution in [-0.2, 0) is 11.2 Å². The highest BCUT2D eigenvalue weighted by atomic mass is 79.9. The Kier molecular flexibility index (Phi) is 3.37. The van der Waals surface area contributed by atoms with Gasteiger partial charge in [-0.25, -0.2) is 0 Å². The van der Waals surface area contributed by atoms with Gasteiger partial charge in [0.2, 0.25) is 0 Å². The zero-order chi connectivity index (χ0) is 9.84. The van der Waals surface area contributed by atoms with E-state index in [-0.39, 0.29) is 5.78 Å². The fourth-order valence-corrected chi connectivity index (χ4v) is 1.06. The van der Waals surface area contributed by atoms with Crippen LogP contribution in [0.3, 0.4) is 0 Å². The van der Waals surface area contributed by atoms with Gasteiger partial charge in [-0.15, -0.1) is 0 Å². The number of nitrogens with zero attached hydrogens (tertiary/aromatic N) is 1. The highest BCUT2D eigenvalue weighted by molar-refractivity contribution is 9.10. The van der Waals surface area contributed by atoms with Crippen molar-refractivity contribution >= 4 is 21.7 Å². The van der Waals surface area contributed by atoms with Gasteiger partial charge in [-0.2, -0.15) is 0 Å². The van der Waals surface area contributed by atoms with Gasteiger partial charge >= 0.3 is 0 Å². The molecule has 2 nitrogen and oxygen atoms in total. The van der Waals surface area contributed by atoms with Crippen LogP contribution in [-0.4, -0.2) is 10.8 Å². The number of rotatable bonds is 3. The second-order valence-corrected chi connectivity index (χ2v) is 3.76. The van der Waals surface area contributed by atoms with Crippen molar-refractivity contribution in [2.24, 2.45) is 0 Å². The second-order valence-electron chi connectivity index (χ2n) is 2.85. The largest absolute Gasteiger partial charge is 0.294 e. The minimum absolute atomic E-state index is 0.0369. The van der Waals surface area contributed by atoms with E-state index in [0.29, 0.717) is 12.0 Å². The minimum Gasteiger partial charge on any atom is -0.294 e. The zero-order valence-corrected chi connectivity index (χ0v) is 8.97. The Hall–Kier alpha value is -0.960. The minimum atomic E-state index is 0.0369. The predicted molar refractivity (Wildman–Crippen MR) is 55.5 cm³/mol. The van der Waals surface area contributed by atoms with E-state index in [1.165, 1.54) is 0 Å². The van der Waals surface area contributed by atoms with Gasteiger partial charge in [0.25, 0.3) is 0 Å². The van der Waals surface area contributed by atoms with Crippen molar-refractivity contribution in [2.45, 2.75) is 13.3 Å². The number of aromatic nitrogens is 1. The Morgan fingerprint density at radius 1 is 1.62 bits per heavy atom. The van der Waals surface area contributed by atoms with Crippen molar-refractivity contribution in [3.8, 4) is 0 Å². The summed E-state index contributed by atoms with van der Waals surface area (Å²) >= 11 is 3.28. The topological polar surface area (TPSA) is 30.0 Å². The molecule has 0 aliphatic carbocycles. The number of allylic oxidation sites excluding steroid dienone is 1. The van der Waals surface area contributed by atoms with Crippen molar-refractivity contribution in [2.75, 3.05) is 0 Å². The van der Waals surface area contributed by atoms with Crippen LogP contribution in [0.4, 0.5) is 0 Å². The molecule has 0 aliphatic heterocycles. The van der Waals surface area contributed by atoms with Crippen molar-refractivity contribution < 1.29 is 4.79 Å². The molecule has 1 aromatic heterocycles. The molecular weight excluding hydrogens is 230 g/mol. The maximum atomic E-state index is 11.2. The summed E-state index contributed by atoms with van der Waals surface area (Å²) in [5.74, 6) is 0.0369. The van der Waals surface area contributed by atoms with Crippen LogP contribution in [0.2, 0.25) is 0 Å². The van der Waals surface area contributed by atoms with Crippen LogP contribution in [0.15, 0.2) is 35.0 Å². The van der Waals surface area contributed by atoms with Gasteiger partial charge in [0.05, 0.1) is 6.42 Å². The van der Waals surface area contributed by atoms with E-state index in [1.54, 1.807) is 13.1 Å². The molecule has 0 fully saturated rings. The molecule has 0 aromatic carbocycles. The molecule has 0 unspecified atom stereocenters. The van der Waals surface area contributed by atoms with Gasteiger partial charge < -0.3 is 0 Å². The van der Waals surface area contributed by atoms with E-state index in [0.717, 1.165) is 10.2 Å². The average Bonchev–Trinajstić information content (AvgIpc) is 2.08. The Morgan fingerprint density at radius 3 is 2.77 bits per heavy atom. The molecule has 0 saturated carbocycles. The standard InChI is InChI=1S/C10H10BrNO/c1-7(2)10(13)5-9-4-3-8(11)6-12-9/h3-4,6H,1,5H2,2H3. The first-order chi connectivity index (χ1) is 6.09. The quantitative estimate of drug-likeness (QED) is 0.760. The Labute approximate surface area is 85.8 Å². The number of carbonyl (C=O) groups excluding carboxylic acids is 1. The van der Waals surface area contributed by atoms with Crippen LogP contribution in [0, 0.1) is 0 Å². The summed E-state index contributed by atoms with van der Waals surface area (Å²) in [6.45, 7) is 5.29. The Balaban J connectivity index is 2.70. The molecule has 1 heterocycles. The lowest BCUT2D eigenvalue weighted by Crippen LogP contribution is -2.04. The molecule has 0 atom stereocenters. The van der Waals surface area contributed by atoms with E-state index < -0.39 is 0 Å². The van der Waals surface area contributed by atoms with Gasteiger partial charge in [0.1, 0.15) is 0 Å². The fraction of sp³-hybridized carbons (Fsp3) is 0.200. The summed E-state index contributed by atoms with van der Waals surface area (Å²) in [7, 11) is 0. The highest BCUT2D eigenvalue weighted by Gasteiger charge is 2.04. The maximum Gasteiger partial charge on any atom is 0.163 e. The number of halogens is 1. The molecule has 3 heteroatoms. The molecule has 0 aliphatic rings. The molecular formula is C10H10BrNO. The predicted octanol–water partition coefficient (Wildman–Crippen LogP) is 2.53. The van der Waals surface area contributed by atoms with Gasteiger partial charge in [-0.3, -0.25) is 9.78 Å². The lowest BCUT2D eigenvalue weighted by Gasteiger charge is -1.99. The van der Waals surface area contributed by atoms with E-state index >= 15 is 0 Å². The van der Waals surface area contributed by atoms with Gasteiger partial charge in [-0.05, 0) is 40.6 Å². The molecule has 1 rings (SSSR count). The molecule has 1 aromatic rings. The third-order valence-electron chi connectivity index (χ3n) is 1.61. The summed E-state index contributed by atoms with van der Waals surface area (Å²) in [6.07, 6.45) is 2.02. The lowest BCUT2D eigenvalue weighted by atomic mass is 10.1. The molecule has 0 N–H and O–H groups in total. The SMILES string of the molecule is C=C(C)C(=O)Cc1ccc(Br)cn1. The highest BCUT2D eigenvalue weighted by Crippen LogP contribution is 2.08. The first kappa shape index (κ1) is 10.1. The molecule has 0 amide bonds. The number of pyridine rings is 1. The third-order valence-corrected chi connectivity index (χ3v) is 2.08. The van der Waals surface area contributed by atoms with Crippen LogP contribution < -0.4 is 0 Å².